The maximum atomic E-state index is 14.8. The molecule has 5 rings (SSSR count). The maximum absolute atomic E-state index is 14.8. The molecule has 6 atom stereocenters. The van der Waals surface area contributed by atoms with Crippen LogP contribution in [0.5, 0.6) is 0 Å². The third-order valence-corrected chi connectivity index (χ3v) is 11.1. The Labute approximate surface area is 255 Å². The molecule has 1 unspecified atom stereocenters. The Morgan fingerprint density at radius 2 is 1.67 bits per heavy atom. The van der Waals surface area contributed by atoms with E-state index >= 15 is 0 Å². The van der Waals surface area contributed by atoms with Crippen molar-refractivity contribution >= 4 is 29.5 Å². The third kappa shape index (κ3) is 5.23. The second kappa shape index (κ2) is 11.2. The van der Waals surface area contributed by atoms with Crippen LogP contribution in [0.25, 0.3) is 0 Å². The predicted octanol–water partition coefficient (Wildman–Crippen LogP) is 4.51. The molecule has 4 aliphatic heterocycles. The van der Waals surface area contributed by atoms with Crippen LogP contribution in [0.15, 0.2) is 54.6 Å². The minimum Gasteiger partial charge on any atom is -0.394 e. The van der Waals surface area contributed by atoms with Gasteiger partial charge in [-0.3, -0.25) is 14.4 Å². The summed E-state index contributed by atoms with van der Waals surface area (Å²) in [6.45, 7) is 15.8. The van der Waals surface area contributed by atoms with Crippen molar-refractivity contribution in [3.8, 4) is 0 Å². The summed E-state index contributed by atoms with van der Waals surface area (Å²) >= 11 is 1.60. The van der Waals surface area contributed by atoms with E-state index in [-0.39, 0.29) is 40.9 Å². The van der Waals surface area contributed by atoms with Crippen LogP contribution < -0.4 is 0 Å². The number of amides is 3. The number of aliphatic hydroxyl groups is 1. The fourth-order valence-corrected chi connectivity index (χ4v) is 9.98. The monoisotopic (exact) mass is 593 g/mol. The molecule has 42 heavy (non-hydrogen) atoms. The SMILES string of the molecule is CC(C)[C@H](CO)N1C(=O)[C@@H]2[C@@H]3C(=O)N(Cc4ccccc4)CC=C[C@@H]3S[C@@]23C=CCN(C(C)(C)CC(C)(C)C)C(=O)C13. The van der Waals surface area contributed by atoms with Gasteiger partial charge in [0, 0.05) is 30.4 Å². The molecule has 2 fully saturated rings. The zero-order valence-corrected chi connectivity index (χ0v) is 26.9. The summed E-state index contributed by atoms with van der Waals surface area (Å²) in [4.78, 5) is 49.3. The Bertz CT molecular complexity index is 1270. The lowest BCUT2D eigenvalue weighted by Crippen LogP contribution is -2.61. The van der Waals surface area contributed by atoms with Gasteiger partial charge in [-0.2, -0.15) is 0 Å². The minimum absolute atomic E-state index is 0.00844. The smallest absolute Gasteiger partial charge is 0.247 e. The summed E-state index contributed by atoms with van der Waals surface area (Å²) in [5.41, 5.74) is 0.572. The molecular weight excluding hydrogens is 546 g/mol. The van der Waals surface area contributed by atoms with Gasteiger partial charge in [-0.15, -0.1) is 11.8 Å². The van der Waals surface area contributed by atoms with E-state index in [9.17, 15) is 19.5 Å². The van der Waals surface area contributed by atoms with Crippen LogP contribution in [-0.4, -0.2) is 84.8 Å². The molecular formula is C34H47N3O4S. The summed E-state index contributed by atoms with van der Waals surface area (Å²) in [5.74, 6) is -1.67. The highest BCUT2D eigenvalue weighted by Gasteiger charge is 2.72. The van der Waals surface area contributed by atoms with E-state index in [1.165, 1.54) is 0 Å². The first-order chi connectivity index (χ1) is 19.7. The predicted molar refractivity (Wildman–Crippen MR) is 167 cm³/mol. The average molecular weight is 594 g/mol. The summed E-state index contributed by atoms with van der Waals surface area (Å²) < 4.78 is -0.895. The van der Waals surface area contributed by atoms with Crippen molar-refractivity contribution in [1.82, 2.24) is 14.7 Å². The number of rotatable bonds is 7. The number of fused-ring (bicyclic) bond motifs is 2. The molecule has 4 aliphatic rings. The molecule has 7 nitrogen and oxygen atoms in total. The molecule has 1 N–H and O–H groups in total. The van der Waals surface area contributed by atoms with E-state index in [0.717, 1.165) is 12.0 Å². The highest BCUT2D eigenvalue weighted by molar-refractivity contribution is 8.02. The Balaban J connectivity index is 1.59. The highest BCUT2D eigenvalue weighted by Crippen LogP contribution is 2.62. The fourth-order valence-electron chi connectivity index (χ4n) is 7.99. The van der Waals surface area contributed by atoms with Crippen molar-refractivity contribution in [1.29, 1.82) is 0 Å². The van der Waals surface area contributed by atoms with E-state index in [0.29, 0.717) is 19.6 Å². The number of carbonyl (C=O) groups excluding carboxylic acids is 3. The van der Waals surface area contributed by atoms with Crippen molar-refractivity contribution in [2.75, 3.05) is 19.7 Å². The normalized spacial score (nSPS) is 30.4. The summed E-state index contributed by atoms with van der Waals surface area (Å²) in [7, 11) is 0. The van der Waals surface area contributed by atoms with E-state index in [1.54, 1.807) is 16.7 Å². The third-order valence-electron chi connectivity index (χ3n) is 9.40. The van der Waals surface area contributed by atoms with Crippen LogP contribution in [-0.2, 0) is 20.9 Å². The van der Waals surface area contributed by atoms with Crippen molar-refractivity contribution in [2.24, 2.45) is 23.2 Å². The van der Waals surface area contributed by atoms with E-state index in [2.05, 4.69) is 46.8 Å². The van der Waals surface area contributed by atoms with Crippen molar-refractivity contribution in [2.45, 2.75) is 89.1 Å². The van der Waals surface area contributed by atoms with Crippen LogP contribution >= 0.6 is 11.8 Å². The maximum Gasteiger partial charge on any atom is 0.247 e. The van der Waals surface area contributed by atoms with Gasteiger partial charge in [0.1, 0.15) is 6.04 Å². The zero-order chi connectivity index (χ0) is 30.6. The highest BCUT2D eigenvalue weighted by atomic mass is 32.2. The van der Waals surface area contributed by atoms with Crippen LogP contribution in [0.4, 0.5) is 0 Å². The molecule has 1 aromatic rings. The van der Waals surface area contributed by atoms with Crippen molar-refractivity contribution < 1.29 is 19.5 Å². The lowest BCUT2D eigenvalue weighted by atomic mass is 9.77. The summed E-state index contributed by atoms with van der Waals surface area (Å²) in [6, 6.07) is 8.60. The second-order valence-electron chi connectivity index (χ2n) is 14.6. The summed E-state index contributed by atoms with van der Waals surface area (Å²) in [5, 5.41) is 10.4. The van der Waals surface area contributed by atoms with Crippen molar-refractivity contribution in [3.63, 3.8) is 0 Å². The number of thioether (sulfide) groups is 1. The molecule has 2 saturated heterocycles. The van der Waals surface area contributed by atoms with Gasteiger partial charge in [0.05, 0.1) is 29.2 Å². The van der Waals surface area contributed by atoms with Crippen LogP contribution in [0.3, 0.4) is 0 Å². The van der Waals surface area contributed by atoms with E-state index in [4.69, 9.17) is 0 Å². The largest absolute Gasteiger partial charge is 0.394 e. The Hall–Kier alpha value is -2.58. The first-order valence-electron chi connectivity index (χ1n) is 15.3. The van der Waals surface area contributed by atoms with E-state index in [1.807, 2.05) is 66.1 Å². The molecule has 0 radical (unpaired) electrons. The number of benzene rings is 1. The first-order valence-corrected chi connectivity index (χ1v) is 16.2. The number of likely N-dealkylation sites (tertiary alicyclic amines) is 1. The van der Waals surface area contributed by atoms with Crippen molar-refractivity contribution in [3.05, 3.63) is 60.2 Å². The number of hydrogen-bond acceptors (Lipinski definition) is 5. The van der Waals surface area contributed by atoms with Crippen LogP contribution in [0.2, 0.25) is 0 Å². The Morgan fingerprint density at radius 1 is 0.976 bits per heavy atom. The molecule has 8 heteroatoms. The topological polar surface area (TPSA) is 81.2 Å². The lowest BCUT2D eigenvalue weighted by Gasteiger charge is -2.45. The molecule has 1 aromatic carbocycles. The quantitative estimate of drug-likeness (QED) is 0.471. The second-order valence-corrected chi connectivity index (χ2v) is 16.1. The van der Waals surface area contributed by atoms with Crippen LogP contribution in [0.1, 0.15) is 60.5 Å². The molecule has 0 saturated carbocycles. The molecule has 3 amide bonds. The number of aliphatic hydroxyl groups excluding tert-OH is 1. The number of hydrogen-bond donors (Lipinski definition) is 1. The number of carbonyl (C=O) groups is 3. The Kier molecular flexibility index (Phi) is 8.20. The first kappa shape index (κ1) is 30.9. The van der Waals surface area contributed by atoms with E-state index < -0.39 is 34.2 Å². The van der Waals surface area contributed by atoms with Gasteiger partial charge in [-0.1, -0.05) is 89.3 Å². The minimum atomic E-state index is -0.895. The zero-order valence-electron chi connectivity index (χ0n) is 26.1. The molecule has 0 aromatic heterocycles. The van der Waals surface area contributed by atoms with Gasteiger partial charge in [-0.25, -0.2) is 0 Å². The lowest BCUT2D eigenvalue weighted by molar-refractivity contribution is -0.150. The molecule has 0 bridgehead atoms. The fraction of sp³-hybridized carbons (Fsp3) is 0.618. The molecule has 228 valence electrons. The van der Waals surface area contributed by atoms with Gasteiger partial charge >= 0.3 is 0 Å². The average Bonchev–Trinajstić information content (AvgIpc) is 3.21. The molecule has 4 heterocycles. The summed E-state index contributed by atoms with van der Waals surface area (Å²) in [6.07, 6.45) is 9.03. The van der Waals surface area contributed by atoms with Gasteiger partial charge in [0.25, 0.3) is 0 Å². The standard InChI is InChI=1S/C34H47N3O4S/c1-22(2)24(20-38)37-28-31(41)36(33(6,7)21-32(3,4)5)18-12-16-34(28)27(30(37)40)26-25(42-34)15-11-17-35(29(26)39)19-23-13-9-8-10-14-23/h8-16,22,24-28,38H,17-21H2,1-7H3/t24-,25-,26+,27-,28?,34-/m0/s1. The van der Waals surface area contributed by atoms with Crippen LogP contribution in [0, 0.1) is 23.2 Å². The Morgan fingerprint density at radius 3 is 2.29 bits per heavy atom. The van der Waals surface area contributed by atoms with Gasteiger partial charge in [-0.05, 0) is 37.2 Å². The molecule has 0 aliphatic carbocycles. The molecule has 1 spiro atoms. The number of nitrogens with zero attached hydrogens (tertiary/aromatic N) is 3. The van der Waals surface area contributed by atoms with Gasteiger partial charge in [0.2, 0.25) is 17.7 Å². The van der Waals surface area contributed by atoms with Gasteiger partial charge in [0.15, 0.2) is 0 Å². The van der Waals surface area contributed by atoms with Gasteiger partial charge < -0.3 is 19.8 Å².